The van der Waals surface area contributed by atoms with Gasteiger partial charge in [0.15, 0.2) is 5.82 Å². The lowest BCUT2D eigenvalue weighted by Gasteiger charge is -2.34. The normalized spacial score (nSPS) is 13.1. The zero-order valence-corrected chi connectivity index (χ0v) is 43.4. The standard InChI is InChI=1S/C68H62N4O/c1-65(2,3)50-26-16-24-47(38-50)49-32-37-62(69-43-49)68(60-41-51(66(4,5)6)33-35-58(60)59-36-34-52(42-61(59)68)67(7,8)9)53-27-18-29-55(40-53)73-54-28-17-25-48(39-54)64-71-70-44-72(64)63-56(45-20-12-10-13-21-45)30-19-31-57(63)46-22-14-11-15-23-46/h10-44H,1-9H3. The molecule has 5 nitrogen and oxygen atoms in total. The van der Waals surface area contributed by atoms with Crippen molar-refractivity contribution in [3.05, 3.63) is 252 Å². The minimum absolute atomic E-state index is 0.0232. The predicted molar refractivity (Wildman–Crippen MR) is 301 cm³/mol. The Kier molecular flexibility index (Phi) is 11.7. The van der Waals surface area contributed by atoms with E-state index in [0.717, 1.165) is 61.6 Å². The van der Waals surface area contributed by atoms with Crippen molar-refractivity contribution in [1.29, 1.82) is 0 Å². The van der Waals surface area contributed by atoms with Gasteiger partial charge in [-0.2, -0.15) is 0 Å². The van der Waals surface area contributed by atoms with Crippen molar-refractivity contribution < 1.29 is 4.74 Å². The number of fused-ring (bicyclic) bond motifs is 3. The Labute approximate surface area is 431 Å². The van der Waals surface area contributed by atoms with E-state index in [4.69, 9.17) is 14.8 Å². The lowest BCUT2D eigenvalue weighted by atomic mass is 9.68. The van der Waals surface area contributed by atoms with Crippen LogP contribution in [0.15, 0.2) is 213 Å². The highest BCUT2D eigenvalue weighted by molar-refractivity contribution is 5.88. The van der Waals surface area contributed by atoms with Gasteiger partial charge in [0.05, 0.1) is 16.8 Å². The molecule has 1 aliphatic carbocycles. The topological polar surface area (TPSA) is 52.8 Å². The minimum Gasteiger partial charge on any atom is -0.457 e. The van der Waals surface area contributed by atoms with E-state index in [1.807, 2.05) is 18.5 Å². The lowest BCUT2D eigenvalue weighted by molar-refractivity contribution is 0.481. The predicted octanol–water partition coefficient (Wildman–Crippen LogP) is 17.4. The molecule has 0 fully saturated rings. The molecule has 0 saturated heterocycles. The van der Waals surface area contributed by atoms with Crippen molar-refractivity contribution in [2.45, 2.75) is 84.0 Å². The smallest absolute Gasteiger partial charge is 0.168 e. The maximum atomic E-state index is 7.00. The molecule has 0 saturated carbocycles. The van der Waals surface area contributed by atoms with E-state index in [9.17, 15) is 0 Å². The summed E-state index contributed by atoms with van der Waals surface area (Å²) in [5.41, 5.74) is 18.4. The number of benzene rings is 8. The fourth-order valence-electron chi connectivity index (χ4n) is 10.7. The van der Waals surface area contributed by atoms with Crippen LogP contribution in [-0.4, -0.2) is 19.7 Å². The van der Waals surface area contributed by atoms with Crippen LogP contribution < -0.4 is 4.74 Å². The summed E-state index contributed by atoms with van der Waals surface area (Å²) in [6, 6.07) is 71.9. The van der Waals surface area contributed by atoms with Crippen LogP contribution in [0, 0.1) is 0 Å². The summed E-state index contributed by atoms with van der Waals surface area (Å²) in [6.45, 7) is 20.6. The van der Waals surface area contributed by atoms with Gasteiger partial charge in [-0.25, -0.2) is 0 Å². The molecule has 0 amide bonds. The molecule has 10 aromatic rings. The Balaban J connectivity index is 1.05. The first kappa shape index (κ1) is 47.2. The number of aromatic nitrogens is 4. The number of para-hydroxylation sites is 1. The molecule has 5 heteroatoms. The molecule has 1 aliphatic rings. The van der Waals surface area contributed by atoms with Crippen molar-refractivity contribution in [2.24, 2.45) is 0 Å². The average Bonchev–Trinajstić information content (AvgIpc) is 4.00. The van der Waals surface area contributed by atoms with Gasteiger partial charge in [0, 0.05) is 28.5 Å². The molecule has 0 bridgehead atoms. The van der Waals surface area contributed by atoms with Gasteiger partial charge in [0.2, 0.25) is 0 Å². The molecule has 0 spiro atoms. The van der Waals surface area contributed by atoms with E-state index in [1.54, 1.807) is 0 Å². The van der Waals surface area contributed by atoms with Crippen LogP contribution >= 0.6 is 0 Å². The van der Waals surface area contributed by atoms with Crippen LogP contribution in [0.3, 0.4) is 0 Å². The fraction of sp³-hybridized carbons (Fsp3) is 0.191. The van der Waals surface area contributed by atoms with Gasteiger partial charge in [-0.15, -0.1) is 10.2 Å². The molecular formula is C68H62N4O. The molecule has 73 heavy (non-hydrogen) atoms. The van der Waals surface area contributed by atoms with E-state index >= 15 is 0 Å². The molecule has 8 aromatic carbocycles. The molecule has 2 heterocycles. The van der Waals surface area contributed by atoms with E-state index in [0.29, 0.717) is 11.6 Å². The number of nitrogens with zero attached hydrogens (tertiary/aromatic N) is 4. The maximum absolute atomic E-state index is 7.00. The summed E-state index contributed by atoms with van der Waals surface area (Å²) in [5.74, 6) is 2.12. The molecule has 0 radical (unpaired) electrons. The van der Waals surface area contributed by atoms with Crippen molar-refractivity contribution in [2.75, 3.05) is 0 Å². The Morgan fingerprint density at radius 2 is 0.932 bits per heavy atom. The van der Waals surface area contributed by atoms with Gasteiger partial charge in [-0.3, -0.25) is 9.55 Å². The Morgan fingerprint density at radius 3 is 1.51 bits per heavy atom. The van der Waals surface area contributed by atoms with Crippen LogP contribution in [0.25, 0.3) is 61.6 Å². The first-order chi connectivity index (χ1) is 35.1. The Hall–Kier alpha value is -8.15. The quantitative estimate of drug-likeness (QED) is 0.145. The Morgan fingerprint density at radius 1 is 0.411 bits per heavy atom. The highest BCUT2D eigenvalue weighted by atomic mass is 16.5. The van der Waals surface area contributed by atoms with Gasteiger partial charge in [-0.05, 0) is 108 Å². The first-order valence-electron chi connectivity index (χ1n) is 25.5. The molecule has 0 atom stereocenters. The van der Waals surface area contributed by atoms with Crippen molar-refractivity contribution >= 4 is 0 Å². The molecular weight excluding hydrogens is 889 g/mol. The third kappa shape index (κ3) is 8.67. The summed E-state index contributed by atoms with van der Waals surface area (Å²) >= 11 is 0. The molecule has 0 unspecified atom stereocenters. The summed E-state index contributed by atoms with van der Waals surface area (Å²) < 4.78 is 9.11. The van der Waals surface area contributed by atoms with Crippen molar-refractivity contribution in [3.63, 3.8) is 0 Å². The largest absolute Gasteiger partial charge is 0.457 e. The van der Waals surface area contributed by atoms with Crippen LogP contribution in [0.5, 0.6) is 11.5 Å². The molecule has 2 aromatic heterocycles. The van der Waals surface area contributed by atoms with Gasteiger partial charge >= 0.3 is 0 Å². The van der Waals surface area contributed by atoms with E-state index in [1.165, 1.54) is 38.9 Å². The first-order valence-corrected chi connectivity index (χ1v) is 25.5. The zero-order valence-electron chi connectivity index (χ0n) is 43.4. The third-order valence-corrected chi connectivity index (χ3v) is 14.7. The van der Waals surface area contributed by atoms with Crippen LogP contribution in [0.4, 0.5) is 0 Å². The van der Waals surface area contributed by atoms with Gasteiger partial charge < -0.3 is 4.74 Å². The number of pyridine rings is 1. The highest BCUT2D eigenvalue weighted by Gasteiger charge is 2.48. The second kappa shape index (κ2) is 18.2. The van der Waals surface area contributed by atoms with Crippen molar-refractivity contribution in [1.82, 2.24) is 19.7 Å². The molecule has 11 rings (SSSR count). The van der Waals surface area contributed by atoms with E-state index in [2.05, 4.69) is 266 Å². The number of hydrogen-bond acceptors (Lipinski definition) is 4. The number of rotatable bonds is 9. The maximum Gasteiger partial charge on any atom is 0.168 e. The second-order valence-corrected chi connectivity index (χ2v) is 22.6. The number of ether oxygens (including phenoxy) is 1. The van der Waals surface area contributed by atoms with Crippen molar-refractivity contribution in [3.8, 4) is 73.1 Å². The van der Waals surface area contributed by atoms with Crippen LogP contribution in [-0.2, 0) is 21.7 Å². The van der Waals surface area contributed by atoms with Gasteiger partial charge in [0.1, 0.15) is 17.8 Å². The second-order valence-electron chi connectivity index (χ2n) is 22.6. The van der Waals surface area contributed by atoms with Gasteiger partial charge in [0.25, 0.3) is 0 Å². The summed E-state index contributed by atoms with van der Waals surface area (Å²) in [6.07, 6.45) is 3.89. The molecule has 0 N–H and O–H groups in total. The van der Waals surface area contributed by atoms with E-state index < -0.39 is 5.41 Å². The minimum atomic E-state index is -0.779. The zero-order chi connectivity index (χ0) is 50.7. The van der Waals surface area contributed by atoms with E-state index in [-0.39, 0.29) is 16.2 Å². The SMILES string of the molecule is CC(C)(C)c1cccc(-c2ccc(C3(c4cccc(Oc5cccc(-c6nncn6-c6c(-c7ccccc7)cccc6-c6ccccc6)c5)c4)c4cc(C(C)(C)C)ccc4-c4ccc(C(C)(C)C)cc43)nc2)c1. The van der Waals surface area contributed by atoms with Crippen LogP contribution in [0.2, 0.25) is 0 Å². The highest BCUT2D eigenvalue weighted by Crippen LogP contribution is 2.57. The summed E-state index contributed by atoms with van der Waals surface area (Å²) in [4.78, 5) is 5.54. The molecule has 0 aliphatic heterocycles. The lowest BCUT2D eigenvalue weighted by Crippen LogP contribution is -2.31. The number of hydrogen-bond donors (Lipinski definition) is 0. The average molecular weight is 951 g/mol. The van der Waals surface area contributed by atoms with Crippen LogP contribution in [0.1, 0.15) is 101 Å². The molecule has 360 valence electrons. The summed E-state index contributed by atoms with van der Waals surface area (Å²) in [7, 11) is 0. The Bertz CT molecular complexity index is 3520. The fourth-order valence-corrected chi connectivity index (χ4v) is 10.7. The third-order valence-electron chi connectivity index (χ3n) is 14.7. The van der Waals surface area contributed by atoms with Gasteiger partial charge in [-0.1, -0.05) is 232 Å². The summed E-state index contributed by atoms with van der Waals surface area (Å²) in [5, 5.41) is 9.30. The monoisotopic (exact) mass is 950 g/mol.